The average molecular weight is 307 g/mol. The molecule has 0 aliphatic carbocycles. The number of carbonyl (C=O) groups is 1. The highest BCUT2D eigenvalue weighted by Crippen LogP contribution is 2.16. The molecule has 0 spiro atoms. The zero-order valence-corrected chi connectivity index (χ0v) is 13.6. The Morgan fingerprint density at radius 2 is 2.05 bits per heavy atom. The number of rotatable bonds is 11. The molecule has 1 amide bonds. The van der Waals surface area contributed by atoms with E-state index in [-0.39, 0.29) is 5.91 Å². The normalized spacial score (nSPS) is 10.1. The van der Waals surface area contributed by atoms with Crippen LogP contribution in [0.2, 0.25) is 0 Å². The summed E-state index contributed by atoms with van der Waals surface area (Å²) < 4.78 is 5.66. The van der Waals surface area contributed by atoms with Crippen molar-refractivity contribution in [2.45, 2.75) is 32.6 Å². The highest BCUT2D eigenvalue weighted by Gasteiger charge is 2.02. The summed E-state index contributed by atoms with van der Waals surface area (Å²) in [6, 6.07) is 7.54. The van der Waals surface area contributed by atoms with E-state index in [0.29, 0.717) is 5.75 Å². The average Bonchev–Trinajstić information content (AvgIpc) is 2.49. The molecule has 1 aromatic carbocycles. The van der Waals surface area contributed by atoms with Gasteiger partial charge in [-0.3, -0.25) is 4.79 Å². The highest BCUT2D eigenvalue weighted by molar-refractivity contribution is 8.00. The second kappa shape index (κ2) is 11.3. The van der Waals surface area contributed by atoms with Crippen LogP contribution in [0.1, 0.15) is 32.6 Å². The van der Waals surface area contributed by atoms with Gasteiger partial charge in [-0.25, -0.2) is 0 Å². The Kier molecular flexibility index (Phi) is 9.46. The van der Waals surface area contributed by atoms with Crippen LogP contribution < -0.4 is 10.1 Å². The van der Waals surface area contributed by atoms with E-state index in [1.54, 1.807) is 17.8 Å². The quantitative estimate of drug-likeness (QED) is 0.483. The molecule has 0 saturated carbocycles. The molecule has 1 aromatic rings. The topological polar surface area (TPSA) is 38.3 Å². The largest absolute Gasteiger partial charge is 0.494 e. The van der Waals surface area contributed by atoms with Gasteiger partial charge in [-0.2, -0.15) is 0 Å². The predicted molar refractivity (Wildman–Crippen MR) is 92.2 cm³/mol. The Bertz CT molecular complexity index is 417. The molecular weight excluding hydrogens is 282 g/mol. The third-order valence-electron chi connectivity index (χ3n) is 2.87. The van der Waals surface area contributed by atoms with Crippen LogP contribution in [-0.2, 0) is 4.79 Å². The molecule has 0 aliphatic rings. The second-order valence-electron chi connectivity index (χ2n) is 4.79. The summed E-state index contributed by atoms with van der Waals surface area (Å²) in [5.41, 5.74) is 0.803. The molecule has 21 heavy (non-hydrogen) atoms. The number of anilines is 1. The fourth-order valence-electron chi connectivity index (χ4n) is 1.79. The molecular formula is C17H25NO2S. The lowest BCUT2D eigenvalue weighted by molar-refractivity contribution is -0.113. The summed E-state index contributed by atoms with van der Waals surface area (Å²) in [4.78, 5) is 11.6. The number of hydrogen-bond donors (Lipinski definition) is 1. The third kappa shape index (κ3) is 8.45. The van der Waals surface area contributed by atoms with Gasteiger partial charge in [-0.05, 0) is 30.7 Å². The van der Waals surface area contributed by atoms with Crippen molar-refractivity contribution in [3.63, 3.8) is 0 Å². The maximum absolute atomic E-state index is 11.6. The molecule has 0 radical (unpaired) electrons. The Morgan fingerprint density at radius 1 is 1.29 bits per heavy atom. The molecule has 0 atom stereocenters. The van der Waals surface area contributed by atoms with Crippen molar-refractivity contribution in [3.8, 4) is 5.75 Å². The lowest BCUT2D eigenvalue weighted by Crippen LogP contribution is -2.14. The molecule has 0 bridgehead atoms. The third-order valence-corrected chi connectivity index (χ3v) is 3.81. The first-order valence-electron chi connectivity index (χ1n) is 7.47. The second-order valence-corrected chi connectivity index (χ2v) is 5.82. The van der Waals surface area contributed by atoms with Gasteiger partial charge in [0.1, 0.15) is 5.75 Å². The Balaban J connectivity index is 2.26. The van der Waals surface area contributed by atoms with Crippen molar-refractivity contribution in [2.24, 2.45) is 0 Å². The summed E-state index contributed by atoms with van der Waals surface area (Å²) >= 11 is 1.55. The van der Waals surface area contributed by atoms with Crippen LogP contribution in [0, 0.1) is 0 Å². The van der Waals surface area contributed by atoms with Crippen LogP contribution in [-0.4, -0.2) is 24.0 Å². The zero-order chi connectivity index (χ0) is 15.3. The number of thioether (sulfide) groups is 1. The van der Waals surface area contributed by atoms with Crippen molar-refractivity contribution >= 4 is 23.4 Å². The highest BCUT2D eigenvalue weighted by atomic mass is 32.2. The Labute approximate surface area is 132 Å². The molecule has 0 heterocycles. The van der Waals surface area contributed by atoms with E-state index in [4.69, 9.17) is 4.74 Å². The lowest BCUT2D eigenvalue weighted by Gasteiger charge is -2.08. The fraction of sp³-hybridized carbons (Fsp3) is 0.471. The first-order chi connectivity index (χ1) is 10.3. The predicted octanol–water partition coefficient (Wildman–Crippen LogP) is 4.50. The maximum Gasteiger partial charge on any atom is 0.234 e. The van der Waals surface area contributed by atoms with Crippen molar-refractivity contribution in [1.82, 2.24) is 0 Å². The number of ether oxygens (including phenoxy) is 1. The maximum atomic E-state index is 11.6. The van der Waals surface area contributed by atoms with Crippen molar-refractivity contribution in [3.05, 3.63) is 36.9 Å². The van der Waals surface area contributed by atoms with E-state index in [9.17, 15) is 4.79 Å². The van der Waals surface area contributed by atoms with Gasteiger partial charge in [-0.15, -0.1) is 18.3 Å². The van der Waals surface area contributed by atoms with E-state index in [1.165, 1.54) is 19.3 Å². The molecule has 0 saturated heterocycles. The van der Waals surface area contributed by atoms with Gasteiger partial charge in [0.15, 0.2) is 0 Å². The van der Waals surface area contributed by atoms with Crippen LogP contribution in [0.5, 0.6) is 5.75 Å². The number of nitrogens with one attached hydrogen (secondary N) is 1. The summed E-state index contributed by atoms with van der Waals surface area (Å²) in [5, 5.41) is 2.86. The SMILES string of the molecule is C=CCSCC(=O)Nc1ccc(OCCCCCC)cc1. The summed E-state index contributed by atoms with van der Waals surface area (Å²) in [6.07, 6.45) is 6.60. The van der Waals surface area contributed by atoms with Crippen LogP contribution in [0.4, 0.5) is 5.69 Å². The Hall–Kier alpha value is -1.42. The minimum absolute atomic E-state index is 0.00934. The van der Waals surface area contributed by atoms with E-state index in [1.807, 2.05) is 24.3 Å². The number of benzene rings is 1. The minimum atomic E-state index is 0.00934. The van der Waals surface area contributed by atoms with Crippen LogP contribution in [0.3, 0.4) is 0 Å². The summed E-state index contributed by atoms with van der Waals surface area (Å²) in [7, 11) is 0. The van der Waals surface area contributed by atoms with E-state index in [2.05, 4.69) is 18.8 Å². The smallest absolute Gasteiger partial charge is 0.234 e. The molecule has 1 rings (SSSR count). The van der Waals surface area contributed by atoms with E-state index < -0.39 is 0 Å². The number of hydrogen-bond acceptors (Lipinski definition) is 3. The fourth-order valence-corrected chi connectivity index (χ4v) is 2.33. The van der Waals surface area contributed by atoms with Crippen molar-refractivity contribution < 1.29 is 9.53 Å². The molecule has 4 heteroatoms. The van der Waals surface area contributed by atoms with E-state index >= 15 is 0 Å². The van der Waals surface area contributed by atoms with Gasteiger partial charge >= 0.3 is 0 Å². The molecule has 116 valence electrons. The molecule has 1 N–H and O–H groups in total. The Morgan fingerprint density at radius 3 is 2.71 bits per heavy atom. The first-order valence-corrected chi connectivity index (χ1v) is 8.63. The number of amides is 1. The molecule has 0 aromatic heterocycles. The molecule has 0 unspecified atom stereocenters. The van der Waals surface area contributed by atoms with Gasteiger partial charge in [0, 0.05) is 11.4 Å². The molecule has 3 nitrogen and oxygen atoms in total. The monoisotopic (exact) mass is 307 g/mol. The van der Waals surface area contributed by atoms with E-state index in [0.717, 1.165) is 30.2 Å². The molecule has 0 aliphatic heterocycles. The number of carbonyl (C=O) groups excluding carboxylic acids is 1. The summed E-state index contributed by atoms with van der Waals surface area (Å²) in [6.45, 7) is 6.58. The van der Waals surface area contributed by atoms with Crippen LogP contribution in [0.15, 0.2) is 36.9 Å². The van der Waals surface area contributed by atoms with Gasteiger partial charge in [0.05, 0.1) is 12.4 Å². The zero-order valence-electron chi connectivity index (χ0n) is 12.8. The summed E-state index contributed by atoms with van der Waals surface area (Å²) in [5.74, 6) is 2.10. The van der Waals surface area contributed by atoms with Crippen LogP contribution in [0.25, 0.3) is 0 Å². The van der Waals surface area contributed by atoms with Crippen LogP contribution >= 0.6 is 11.8 Å². The number of unbranched alkanes of at least 4 members (excludes halogenated alkanes) is 3. The first kappa shape index (κ1) is 17.6. The van der Waals surface area contributed by atoms with Gasteiger partial charge in [0.25, 0.3) is 0 Å². The van der Waals surface area contributed by atoms with Gasteiger partial charge in [0.2, 0.25) is 5.91 Å². The van der Waals surface area contributed by atoms with Crippen molar-refractivity contribution in [2.75, 3.05) is 23.4 Å². The molecule has 0 fully saturated rings. The standard InChI is InChI=1S/C17H25NO2S/c1-3-5-6-7-12-20-16-10-8-15(9-11-16)18-17(19)14-21-13-4-2/h4,8-11H,2-3,5-7,12-14H2,1H3,(H,18,19). The van der Waals surface area contributed by atoms with Gasteiger partial charge in [-0.1, -0.05) is 32.3 Å². The van der Waals surface area contributed by atoms with Gasteiger partial charge < -0.3 is 10.1 Å². The minimum Gasteiger partial charge on any atom is -0.494 e. The van der Waals surface area contributed by atoms with Crippen molar-refractivity contribution in [1.29, 1.82) is 0 Å². The lowest BCUT2D eigenvalue weighted by atomic mass is 10.2.